The lowest BCUT2D eigenvalue weighted by Gasteiger charge is -2.23. The fourth-order valence-electron chi connectivity index (χ4n) is 1.95. The Kier molecular flexibility index (Phi) is 7.59. The molecule has 2 aromatic carbocycles. The summed E-state index contributed by atoms with van der Waals surface area (Å²) in [5, 5.41) is 3.38. The number of nitrogens with one attached hydrogen (secondary N) is 1. The smallest absolute Gasteiger partial charge is 0.379 e. The van der Waals surface area contributed by atoms with Crippen LogP contribution in [0.15, 0.2) is 59.5 Å². The monoisotopic (exact) mass is 413 g/mol. The van der Waals surface area contributed by atoms with Crippen molar-refractivity contribution in [2.24, 2.45) is 0 Å². The topological polar surface area (TPSA) is 64.6 Å². The Morgan fingerprint density at radius 2 is 1.69 bits per heavy atom. The summed E-state index contributed by atoms with van der Waals surface area (Å²) in [6, 6.07) is 14.9. The SMILES string of the molecule is CC(C)OC(=O)[C@H](C)N[P@](=O)(Oc1ccccc1)Sc1ccc(Cl)cc1. The fourth-order valence-corrected chi connectivity index (χ4v) is 5.93. The molecule has 0 amide bonds. The first-order valence-corrected chi connectivity index (χ1v) is 11.5. The third-order valence-corrected chi connectivity index (χ3v) is 7.09. The van der Waals surface area contributed by atoms with Gasteiger partial charge in [-0.05, 0) is 68.6 Å². The van der Waals surface area contributed by atoms with Crippen LogP contribution in [-0.4, -0.2) is 18.1 Å². The van der Waals surface area contributed by atoms with Crippen molar-refractivity contribution in [2.75, 3.05) is 0 Å². The molecule has 0 bridgehead atoms. The van der Waals surface area contributed by atoms with Crippen LogP contribution in [0.25, 0.3) is 0 Å². The highest BCUT2D eigenvalue weighted by Crippen LogP contribution is 2.59. The van der Waals surface area contributed by atoms with Crippen LogP contribution in [0.1, 0.15) is 20.8 Å². The number of rotatable bonds is 8. The molecule has 5 nitrogen and oxygen atoms in total. The first kappa shape index (κ1) is 20.8. The average Bonchev–Trinajstić information content (AvgIpc) is 2.57. The highest BCUT2D eigenvalue weighted by Gasteiger charge is 2.32. The van der Waals surface area contributed by atoms with E-state index in [9.17, 15) is 9.36 Å². The fraction of sp³-hybridized carbons (Fsp3) is 0.278. The maximum absolute atomic E-state index is 13.4. The zero-order chi connectivity index (χ0) is 19.2. The molecule has 140 valence electrons. The third kappa shape index (κ3) is 6.69. The number of carbonyl (C=O) groups excluding carboxylic acids is 1. The quantitative estimate of drug-likeness (QED) is 0.452. The van der Waals surface area contributed by atoms with E-state index in [1.54, 1.807) is 69.3 Å². The van der Waals surface area contributed by atoms with Gasteiger partial charge >= 0.3 is 12.7 Å². The number of para-hydroxylation sites is 1. The van der Waals surface area contributed by atoms with Gasteiger partial charge in [0.2, 0.25) is 0 Å². The van der Waals surface area contributed by atoms with Gasteiger partial charge in [0.15, 0.2) is 0 Å². The summed E-state index contributed by atoms with van der Waals surface area (Å²) in [5.74, 6) is -0.0529. The molecule has 0 aliphatic rings. The number of esters is 1. The minimum atomic E-state index is -3.51. The zero-order valence-corrected chi connectivity index (χ0v) is 17.2. The van der Waals surface area contributed by atoms with Crippen LogP contribution < -0.4 is 9.61 Å². The molecule has 0 fully saturated rings. The lowest BCUT2D eigenvalue weighted by Crippen LogP contribution is -2.35. The van der Waals surface area contributed by atoms with E-state index in [0.717, 1.165) is 11.4 Å². The molecule has 0 unspecified atom stereocenters. The van der Waals surface area contributed by atoms with Gasteiger partial charge in [0.25, 0.3) is 0 Å². The van der Waals surface area contributed by atoms with E-state index in [1.807, 2.05) is 6.07 Å². The molecule has 0 radical (unpaired) electrons. The van der Waals surface area contributed by atoms with Crippen molar-refractivity contribution in [3.05, 3.63) is 59.6 Å². The molecule has 2 aromatic rings. The number of ether oxygens (including phenoxy) is 1. The predicted octanol–water partition coefficient (Wildman–Crippen LogP) is 5.55. The summed E-state index contributed by atoms with van der Waals surface area (Å²) in [7, 11) is 0. The Morgan fingerprint density at radius 1 is 1.08 bits per heavy atom. The van der Waals surface area contributed by atoms with Crippen molar-refractivity contribution in [1.29, 1.82) is 0 Å². The van der Waals surface area contributed by atoms with E-state index in [4.69, 9.17) is 20.9 Å². The van der Waals surface area contributed by atoms with Crippen LogP contribution in [0, 0.1) is 0 Å². The maximum atomic E-state index is 13.4. The maximum Gasteiger partial charge on any atom is 0.379 e. The molecule has 2 rings (SSSR count). The minimum Gasteiger partial charge on any atom is -0.462 e. The summed E-state index contributed by atoms with van der Waals surface area (Å²) in [6.45, 7) is 1.60. The Morgan fingerprint density at radius 3 is 2.27 bits per heavy atom. The van der Waals surface area contributed by atoms with E-state index >= 15 is 0 Å². The molecule has 0 spiro atoms. The molecular formula is C18H21ClNO4PS. The number of carbonyl (C=O) groups is 1. The van der Waals surface area contributed by atoms with Gasteiger partial charge in [-0.1, -0.05) is 29.8 Å². The number of benzene rings is 2. The Balaban J connectivity index is 2.21. The van der Waals surface area contributed by atoms with Crippen molar-refractivity contribution in [2.45, 2.75) is 37.8 Å². The Hall–Kier alpha value is -1.46. The largest absolute Gasteiger partial charge is 0.462 e. The van der Waals surface area contributed by atoms with Crippen LogP contribution >= 0.6 is 29.7 Å². The van der Waals surface area contributed by atoms with Gasteiger partial charge in [0.05, 0.1) is 6.10 Å². The summed E-state index contributed by atoms with van der Waals surface area (Å²) in [6.07, 6.45) is -0.259. The second-order valence-corrected chi connectivity index (χ2v) is 10.3. The van der Waals surface area contributed by atoms with Crippen molar-refractivity contribution < 1.29 is 18.6 Å². The van der Waals surface area contributed by atoms with E-state index < -0.39 is 18.7 Å². The van der Waals surface area contributed by atoms with Crippen molar-refractivity contribution in [3.63, 3.8) is 0 Å². The summed E-state index contributed by atoms with van der Waals surface area (Å²) >= 11 is 6.92. The van der Waals surface area contributed by atoms with Crippen molar-refractivity contribution in [3.8, 4) is 5.75 Å². The second-order valence-electron chi connectivity index (χ2n) is 5.78. The van der Waals surface area contributed by atoms with Gasteiger partial charge in [0, 0.05) is 9.92 Å². The highest BCUT2D eigenvalue weighted by molar-refractivity contribution is 8.56. The number of hydrogen-bond donors (Lipinski definition) is 1. The van der Waals surface area contributed by atoms with Crippen LogP contribution in [0.5, 0.6) is 5.75 Å². The van der Waals surface area contributed by atoms with Gasteiger partial charge in [-0.2, -0.15) is 0 Å². The van der Waals surface area contributed by atoms with Crippen LogP contribution in [0.2, 0.25) is 5.02 Å². The van der Waals surface area contributed by atoms with Gasteiger partial charge in [0.1, 0.15) is 11.8 Å². The van der Waals surface area contributed by atoms with Crippen molar-refractivity contribution >= 4 is 35.7 Å². The van der Waals surface area contributed by atoms with Gasteiger partial charge in [-0.15, -0.1) is 0 Å². The second kappa shape index (κ2) is 9.47. The molecule has 8 heteroatoms. The molecule has 2 atom stereocenters. The molecule has 0 saturated carbocycles. The minimum absolute atomic E-state index is 0.259. The van der Waals surface area contributed by atoms with Crippen molar-refractivity contribution in [1.82, 2.24) is 5.09 Å². The molecule has 0 aliphatic carbocycles. The summed E-state index contributed by atoms with van der Waals surface area (Å²) in [5.41, 5.74) is 0. The van der Waals surface area contributed by atoms with Crippen LogP contribution in [0.3, 0.4) is 0 Å². The van der Waals surface area contributed by atoms with Crippen LogP contribution in [0.4, 0.5) is 0 Å². The lowest BCUT2D eigenvalue weighted by molar-refractivity contribution is -0.148. The van der Waals surface area contributed by atoms with E-state index in [0.29, 0.717) is 15.7 Å². The van der Waals surface area contributed by atoms with Gasteiger partial charge in [-0.25, -0.2) is 9.65 Å². The van der Waals surface area contributed by atoms with Gasteiger partial charge in [-0.3, -0.25) is 4.79 Å². The zero-order valence-electron chi connectivity index (χ0n) is 14.7. The highest BCUT2D eigenvalue weighted by atomic mass is 35.5. The average molecular weight is 414 g/mol. The molecule has 0 heterocycles. The first-order chi connectivity index (χ1) is 12.3. The van der Waals surface area contributed by atoms with E-state index in [2.05, 4.69) is 5.09 Å². The van der Waals surface area contributed by atoms with E-state index in [-0.39, 0.29) is 6.10 Å². The predicted molar refractivity (Wildman–Crippen MR) is 106 cm³/mol. The van der Waals surface area contributed by atoms with Crippen LogP contribution in [-0.2, 0) is 14.1 Å². The molecule has 1 N–H and O–H groups in total. The molecule has 0 saturated heterocycles. The number of hydrogen-bond acceptors (Lipinski definition) is 5. The third-order valence-electron chi connectivity index (χ3n) is 3.07. The standard InChI is InChI=1S/C18H21ClNO4PS/c1-13(2)23-18(21)14(3)20-25(22,24-16-7-5-4-6-8-16)26-17-11-9-15(19)10-12-17/h4-14H,1-3H3,(H,20,22)/t14-,25-/m0/s1. The normalized spacial score (nSPS) is 14.5. The summed E-state index contributed by atoms with van der Waals surface area (Å²) < 4.78 is 24.3. The summed E-state index contributed by atoms with van der Waals surface area (Å²) in [4.78, 5) is 12.8. The Labute approximate surface area is 162 Å². The van der Waals surface area contributed by atoms with Gasteiger partial charge < -0.3 is 9.26 Å². The molecular weight excluding hydrogens is 393 g/mol. The lowest BCUT2D eigenvalue weighted by atomic mass is 10.3. The van der Waals surface area contributed by atoms with E-state index in [1.165, 1.54) is 0 Å². The molecule has 0 aromatic heterocycles. The Bertz CT molecular complexity index is 771. The molecule has 26 heavy (non-hydrogen) atoms. The molecule has 0 aliphatic heterocycles. The first-order valence-electron chi connectivity index (χ1n) is 8.05. The number of halogens is 1.